The van der Waals surface area contributed by atoms with Crippen LogP contribution in [0.3, 0.4) is 0 Å². The molecule has 0 fully saturated rings. The molecule has 0 radical (unpaired) electrons. The Hall–Kier alpha value is -1.78. The van der Waals surface area contributed by atoms with Crippen molar-refractivity contribution in [1.29, 1.82) is 0 Å². The van der Waals surface area contributed by atoms with Crippen molar-refractivity contribution in [2.45, 2.75) is 238 Å². The number of hydrogen-bond acceptors (Lipinski definition) is 9. The Labute approximate surface area is 348 Å². The molecule has 57 heavy (non-hydrogen) atoms. The molecular weight excluding hydrogens is 745 g/mol. The Morgan fingerprint density at radius 2 is 0.895 bits per heavy atom. The fourth-order valence-corrected chi connectivity index (χ4v) is 7.36. The molecule has 0 bridgehead atoms. The first-order valence-electron chi connectivity index (χ1n) is 23.2. The number of allylic oxidation sites excluding steroid dienone is 2. The van der Waals surface area contributed by atoms with Gasteiger partial charge in [-0.1, -0.05) is 193 Å². The number of rotatable bonds is 44. The van der Waals surface area contributed by atoms with Crippen molar-refractivity contribution in [2.24, 2.45) is 5.73 Å². The average molecular weight is 832 g/mol. The lowest BCUT2D eigenvalue weighted by Crippen LogP contribution is -2.34. The fourth-order valence-electron chi connectivity index (χ4n) is 6.58. The van der Waals surface area contributed by atoms with Gasteiger partial charge in [0.15, 0.2) is 6.10 Å². The molecule has 0 spiro atoms. The third kappa shape index (κ3) is 40.8. The number of esters is 2. The molecule has 3 atom stereocenters. The lowest BCUT2D eigenvalue weighted by Gasteiger charge is -2.20. The number of ether oxygens (including phenoxy) is 2. The highest BCUT2D eigenvalue weighted by atomic mass is 31.2. The van der Waals surface area contributed by atoms with Crippen molar-refractivity contribution < 1.29 is 47.5 Å². The molecule has 1 unspecified atom stereocenters. The van der Waals surface area contributed by atoms with E-state index in [4.69, 9.17) is 24.8 Å². The molecule has 0 aromatic heterocycles. The number of carbonyl (C=O) groups is 3. The number of unbranched alkanes of at least 4 members (excludes halogenated alkanes) is 28. The zero-order valence-corrected chi connectivity index (χ0v) is 37.3. The van der Waals surface area contributed by atoms with Crippen LogP contribution in [0.1, 0.15) is 226 Å². The molecule has 0 aromatic rings. The largest absolute Gasteiger partial charge is 0.480 e. The van der Waals surface area contributed by atoms with Gasteiger partial charge in [-0.15, -0.1) is 0 Å². The van der Waals surface area contributed by atoms with E-state index in [1.807, 2.05) is 0 Å². The van der Waals surface area contributed by atoms with Crippen molar-refractivity contribution in [3.05, 3.63) is 12.2 Å². The monoisotopic (exact) mass is 832 g/mol. The number of phosphoric ester groups is 1. The van der Waals surface area contributed by atoms with Gasteiger partial charge >= 0.3 is 25.7 Å². The summed E-state index contributed by atoms with van der Waals surface area (Å²) in [4.78, 5) is 46.0. The first-order chi connectivity index (χ1) is 27.6. The predicted octanol–water partition coefficient (Wildman–Crippen LogP) is 12.5. The maximum Gasteiger partial charge on any atom is 0.472 e. The summed E-state index contributed by atoms with van der Waals surface area (Å²) in [7, 11) is -4.71. The maximum atomic E-state index is 12.6. The predicted molar refractivity (Wildman–Crippen MR) is 231 cm³/mol. The highest BCUT2D eigenvalue weighted by Gasteiger charge is 2.28. The van der Waals surface area contributed by atoms with E-state index in [-0.39, 0.29) is 19.4 Å². The Morgan fingerprint density at radius 1 is 0.526 bits per heavy atom. The smallest absolute Gasteiger partial charge is 0.472 e. The van der Waals surface area contributed by atoms with E-state index in [1.165, 1.54) is 148 Å². The zero-order chi connectivity index (χ0) is 42.1. The number of nitrogens with two attached hydrogens (primary N) is 1. The number of hydrogen-bond donors (Lipinski definition) is 3. The third-order valence-corrected chi connectivity index (χ3v) is 11.2. The van der Waals surface area contributed by atoms with Gasteiger partial charge in [-0.25, -0.2) is 4.57 Å². The van der Waals surface area contributed by atoms with Gasteiger partial charge in [0.2, 0.25) is 0 Å². The van der Waals surface area contributed by atoms with Crippen LogP contribution >= 0.6 is 7.82 Å². The Balaban J connectivity index is 4.27. The minimum Gasteiger partial charge on any atom is -0.480 e. The van der Waals surface area contributed by atoms with Crippen LogP contribution in [0.4, 0.5) is 0 Å². The summed E-state index contributed by atoms with van der Waals surface area (Å²) in [6, 6.07) is -1.52. The van der Waals surface area contributed by atoms with Crippen LogP contribution in [0.25, 0.3) is 0 Å². The molecule has 12 heteroatoms. The number of phosphoric acid groups is 1. The van der Waals surface area contributed by atoms with E-state index in [0.717, 1.165) is 38.5 Å². The number of aliphatic carboxylic acids is 1. The normalized spacial score (nSPS) is 13.8. The summed E-state index contributed by atoms with van der Waals surface area (Å²) >= 11 is 0. The quantitative estimate of drug-likeness (QED) is 0.0231. The first-order valence-corrected chi connectivity index (χ1v) is 24.7. The lowest BCUT2D eigenvalue weighted by molar-refractivity contribution is -0.161. The summed E-state index contributed by atoms with van der Waals surface area (Å²) in [6.45, 7) is 2.81. The van der Waals surface area contributed by atoms with Crippen LogP contribution in [-0.2, 0) is 37.5 Å². The topological polar surface area (TPSA) is 172 Å². The molecule has 0 aromatic carbocycles. The number of carboxylic acid groups (broad SMARTS) is 1. The van der Waals surface area contributed by atoms with Crippen molar-refractivity contribution >= 4 is 25.7 Å². The van der Waals surface area contributed by atoms with Crippen molar-refractivity contribution in [3.63, 3.8) is 0 Å². The summed E-state index contributed by atoms with van der Waals surface area (Å²) < 4.78 is 32.8. The van der Waals surface area contributed by atoms with Crippen molar-refractivity contribution in [3.8, 4) is 0 Å². The molecule has 0 aliphatic carbocycles. The zero-order valence-electron chi connectivity index (χ0n) is 36.5. The standard InChI is InChI=1S/C45H86NO10P/c1-3-5-7-9-11-13-15-17-19-20-21-23-24-26-28-30-32-34-36-43(47)53-38-41(39-54-57(51,52)55-40-42(46)45(49)50)56-44(48)37-35-33-31-29-27-25-22-18-16-14-12-10-8-6-4-2/h10,12,41-42H,3-9,11,13-40,46H2,1-2H3,(H,49,50)(H,51,52)/b12-10+/t41-,42+/m1/s1. The van der Waals surface area contributed by atoms with E-state index in [2.05, 4.69) is 30.5 Å². The summed E-state index contributed by atoms with van der Waals surface area (Å²) in [5, 5.41) is 8.90. The Morgan fingerprint density at radius 3 is 1.33 bits per heavy atom. The van der Waals surface area contributed by atoms with Gasteiger partial charge in [-0.3, -0.25) is 23.4 Å². The average Bonchev–Trinajstić information content (AvgIpc) is 3.19. The van der Waals surface area contributed by atoms with Crippen LogP contribution in [-0.4, -0.2) is 59.9 Å². The SMILES string of the molecule is CCCC/C=C/CCCCCCCCCCCC(=O)O[C@H](COC(=O)CCCCCCCCCCCCCCCCCCCC)COP(=O)(O)OC[C@H](N)C(=O)O. The lowest BCUT2D eigenvalue weighted by atomic mass is 10.0. The van der Waals surface area contributed by atoms with Crippen LogP contribution in [0.2, 0.25) is 0 Å². The molecule has 0 rings (SSSR count). The Kier molecular flexibility index (Phi) is 39.7. The summed E-state index contributed by atoms with van der Waals surface area (Å²) in [6.07, 6.45) is 41.3. The van der Waals surface area contributed by atoms with Gasteiger partial charge in [0.05, 0.1) is 13.2 Å². The summed E-state index contributed by atoms with van der Waals surface area (Å²) in [5.74, 6) is -2.36. The molecule has 336 valence electrons. The van der Waals surface area contributed by atoms with Crippen LogP contribution in [0.5, 0.6) is 0 Å². The molecule has 0 saturated heterocycles. The molecule has 0 amide bonds. The van der Waals surface area contributed by atoms with Gasteiger partial charge in [-0.2, -0.15) is 0 Å². The fraction of sp³-hybridized carbons (Fsp3) is 0.889. The third-order valence-electron chi connectivity index (χ3n) is 10.3. The van der Waals surface area contributed by atoms with Crippen LogP contribution in [0.15, 0.2) is 12.2 Å². The number of carboxylic acids is 1. The van der Waals surface area contributed by atoms with Crippen molar-refractivity contribution in [1.82, 2.24) is 0 Å². The van der Waals surface area contributed by atoms with Gasteiger partial charge in [-0.05, 0) is 32.1 Å². The number of carbonyl (C=O) groups excluding carboxylic acids is 2. The molecule has 0 saturated carbocycles. The van der Waals surface area contributed by atoms with Crippen molar-refractivity contribution in [2.75, 3.05) is 19.8 Å². The second kappa shape index (κ2) is 41.0. The first kappa shape index (κ1) is 55.2. The molecule has 11 nitrogen and oxygen atoms in total. The van der Waals surface area contributed by atoms with Crippen LogP contribution in [0, 0.1) is 0 Å². The molecular formula is C45H86NO10P. The molecule has 4 N–H and O–H groups in total. The van der Waals surface area contributed by atoms with E-state index in [1.54, 1.807) is 0 Å². The van der Waals surface area contributed by atoms with E-state index < -0.39 is 51.1 Å². The Bertz CT molecular complexity index is 1030. The van der Waals surface area contributed by atoms with E-state index in [0.29, 0.717) is 12.8 Å². The molecule has 0 aliphatic heterocycles. The van der Waals surface area contributed by atoms with Gasteiger partial charge in [0, 0.05) is 12.8 Å². The van der Waals surface area contributed by atoms with E-state index in [9.17, 15) is 23.8 Å². The maximum absolute atomic E-state index is 12.6. The second-order valence-electron chi connectivity index (χ2n) is 15.9. The molecule has 0 aliphatic rings. The van der Waals surface area contributed by atoms with Crippen LogP contribution < -0.4 is 5.73 Å². The van der Waals surface area contributed by atoms with Gasteiger partial charge < -0.3 is 25.2 Å². The minimum atomic E-state index is -4.71. The summed E-state index contributed by atoms with van der Waals surface area (Å²) in [5.41, 5.74) is 5.34. The van der Waals surface area contributed by atoms with Gasteiger partial charge in [0.25, 0.3) is 0 Å². The second-order valence-corrected chi connectivity index (χ2v) is 17.3. The van der Waals surface area contributed by atoms with Gasteiger partial charge in [0.1, 0.15) is 12.6 Å². The highest BCUT2D eigenvalue weighted by molar-refractivity contribution is 7.47. The minimum absolute atomic E-state index is 0.163. The highest BCUT2D eigenvalue weighted by Crippen LogP contribution is 2.43. The van der Waals surface area contributed by atoms with E-state index >= 15 is 0 Å². The molecule has 0 heterocycles.